The number of hydrogen-bond acceptors (Lipinski definition) is 7. The molecule has 2 aliphatic rings. The molecule has 8 heteroatoms. The van der Waals surface area contributed by atoms with Crippen LogP contribution in [0.15, 0.2) is 42.5 Å². The number of hydrogen-bond donors (Lipinski definition) is 3. The molecular weight excluding hydrogens is 494 g/mol. The molecule has 2 aromatic rings. The van der Waals surface area contributed by atoms with Gasteiger partial charge < -0.3 is 25.2 Å². The van der Waals surface area contributed by atoms with Crippen molar-refractivity contribution in [3.8, 4) is 16.9 Å². The number of nitrogens with one attached hydrogen (secondary N) is 1. The summed E-state index contributed by atoms with van der Waals surface area (Å²) in [4.78, 5) is 22.0. The summed E-state index contributed by atoms with van der Waals surface area (Å²) in [6.45, 7) is 6.06. The van der Waals surface area contributed by atoms with E-state index in [0.29, 0.717) is 17.6 Å². The third-order valence-corrected chi connectivity index (χ3v) is 8.72. The summed E-state index contributed by atoms with van der Waals surface area (Å²) in [7, 11) is 5.66. The summed E-state index contributed by atoms with van der Waals surface area (Å²) in [6.07, 6.45) is 1.67. The number of aliphatic hydroxyl groups is 2. The van der Waals surface area contributed by atoms with E-state index in [9.17, 15) is 15.0 Å². The van der Waals surface area contributed by atoms with Crippen molar-refractivity contribution in [3.63, 3.8) is 0 Å². The topological polar surface area (TPSA) is 94.5 Å². The normalized spacial score (nSPS) is 28.2. The second-order valence-electron chi connectivity index (χ2n) is 11.5. The van der Waals surface area contributed by atoms with Crippen LogP contribution in [0.4, 0.5) is 5.69 Å². The van der Waals surface area contributed by atoms with Crippen molar-refractivity contribution >= 4 is 11.6 Å². The lowest BCUT2D eigenvalue weighted by molar-refractivity contribution is -0.182. The number of hydroxylamine groups is 2. The van der Waals surface area contributed by atoms with E-state index >= 15 is 0 Å². The summed E-state index contributed by atoms with van der Waals surface area (Å²) in [5, 5.41) is 25.7. The Morgan fingerprint density at radius 3 is 2.62 bits per heavy atom. The van der Waals surface area contributed by atoms with Crippen molar-refractivity contribution in [2.24, 2.45) is 17.8 Å². The van der Waals surface area contributed by atoms with Gasteiger partial charge in [-0.2, -0.15) is 5.06 Å². The average Bonchev–Trinajstić information content (AvgIpc) is 3.30. The van der Waals surface area contributed by atoms with E-state index in [2.05, 4.69) is 42.3 Å². The van der Waals surface area contributed by atoms with E-state index in [0.717, 1.165) is 35.2 Å². The SMILES string of the molecule is COc1c(CN2O[C@@H](CO)[C@@H]([C@H](C)O)[C@H]2C(=O)N[C@H]2CCC[C@@H](C)[C@@H]2C)cccc1-c1cccc(N(C)C)c1. The Morgan fingerprint density at radius 2 is 1.95 bits per heavy atom. The predicted molar refractivity (Wildman–Crippen MR) is 153 cm³/mol. The molecule has 1 heterocycles. The van der Waals surface area contributed by atoms with E-state index in [1.165, 1.54) is 6.42 Å². The van der Waals surface area contributed by atoms with Gasteiger partial charge in [0.25, 0.3) is 0 Å². The molecule has 0 unspecified atom stereocenters. The highest BCUT2D eigenvalue weighted by Gasteiger charge is 2.50. The van der Waals surface area contributed by atoms with Crippen LogP contribution in [-0.4, -0.2) is 73.3 Å². The minimum atomic E-state index is -0.840. The molecule has 1 aliphatic heterocycles. The third-order valence-electron chi connectivity index (χ3n) is 8.72. The maximum absolute atomic E-state index is 13.8. The zero-order valence-corrected chi connectivity index (χ0v) is 24.1. The van der Waals surface area contributed by atoms with E-state index in [1.807, 2.05) is 38.4 Å². The Morgan fingerprint density at radius 1 is 1.21 bits per heavy atom. The molecule has 214 valence electrons. The largest absolute Gasteiger partial charge is 0.496 e. The van der Waals surface area contributed by atoms with Crippen molar-refractivity contribution in [1.82, 2.24) is 10.4 Å². The summed E-state index contributed by atoms with van der Waals surface area (Å²) in [6, 6.07) is 13.5. The molecule has 4 rings (SSSR count). The van der Waals surface area contributed by atoms with Gasteiger partial charge >= 0.3 is 0 Å². The minimum absolute atomic E-state index is 0.0766. The van der Waals surface area contributed by atoms with Gasteiger partial charge in [-0.25, -0.2) is 0 Å². The van der Waals surface area contributed by atoms with Crippen LogP contribution in [0.5, 0.6) is 5.75 Å². The fourth-order valence-corrected chi connectivity index (χ4v) is 6.23. The fraction of sp³-hybridized carbons (Fsp3) is 0.581. The molecule has 2 fully saturated rings. The Bertz CT molecular complexity index is 1120. The molecule has 1 aliphatic carbocycles. The van der Waals surface area contributed by atoms with Crippen LogP contribution >= 0.6 is 0 Å². The minimum Gasteiger partial charge on any atom is -0.496 e. The van der Waals surface area contributed by atoms with Gasteiger partial charge in [0.05, 0.1) is 26.4 Å². The molecule has 0 bridgehead atoms. The first-order chi connectivity index (χ1) is 18.7. The second-order valence-corrected chi connectivity index (χ2v) is 11.5. The lowest BCUT2D eigenvalue weighted by Crippen LogP contribution is -2.53. The lowest BCUT2D eigenvalue weighted by atomic mass is 9.77. The number of benzene rings is 2. The van der Waals surface area contributed by atoms with Crippen molar-refractivity contribution < 1.29 is 24.6 Å². The van der Waals surface area contributed by atoms with Gasteiger partial charge in [-0.1, -0.05) is 57.0 Å². The van der Waals surface area contributed by atoms with Gasteiger partial charge in [-0.3, -0.25) is 9.63 Å². The standard InChI is InChI=1S/C31H45N3O5/c1-19-10-7-15-26(20(19)2)32-31(37)29-28(21(3)36)27(18-35)39-34(29)17-23-12-9-14-25(30(23)38-6)22-11-8-13-24(16-22)33(4)5/h8-9,11-14,16,19-21,26-29,35-36H,7,10,15,17-18H2,1-6H3,(H,32,37)/t19-,20+,21+,26+,27+,28-,29+/m1/s1. The predicted octanol–water partition coefficient (Wildman–Crippen LogP) is 3.84. The van der Waals surface area contributed by atoms with E-state index in [4.69, 9.17) is 9.57 Å². The number of aliphatic hydroxyl groups excluding tert-OH is 2. The van der Waals surface area contributed by atoms with Gasteiger partial charge in [0, 0.05) is 42.9 Å². The number of anilines is 1. The summed E-state index contributed by atoms with van der Waals surface area (Å²) in [5.74, 6) is 0.864. The second kappa shape index (κ2) is 12.7. The van der Waals surface area contributed by atoms with Crippen LogP contribution in [0.2, 0.25) is 0 Å². The summed E-state index contributed by atoms with van der Waals surface area (Å²) < 4.78 is 5.92. The average molecular weight is 540 g/mol. The van der Waals surface area contributed by atoms with Crippen LogP contribution in [0, 0.1) is 17.8 Å². The van der Waals surface area contributed by atoms with Gasteiger partial charge in [0.15, 0.2) is 0 Å². The number of para-hydroxylation sites is 1. The number of nitrogens with zero attached hydrogens (tertiary/aromatic N) is 2. The molecule has 39 heavy (non-hydrogen) atoms. The van der Waals surface area contributed by atoms with Crippen LogP contribution < -0.4 is 15.0 Å². The number of carbonyl (C=O) groups excluding carboxylic acids is 1. The van der Waals surface area contributed by atoms with E-state index in [-0.39, 0.29) is 25.1 Å². The Hall–Kier alpha value is -2.65. The Balaban J connectivity index is 1.65. The number of ether oxygens (including phenoxy) is 1. The molecule has 0 aromatic heterocycles. The highest BCUT2D eigenvalue weighted by Crippen LogP contribution is 2.38. The van der Waals surface area contributed by atoms with Gasteiger partial charge in [-0.05, 0) is 42.9 Å². The molecule has 7 atom stereocenters. The first-order valence-electron chi connectivity index (χ1n) is 14.1. The first-order valence-corrected chi connectivity index (χ1v) is 14.1. The van der Waals surface area contributed by atoms with Gasteiger partial charge in [0.2, 0.25) is 5.91 Å². The maximum atomic E-state index is 13.8. The third kappa shape index (κ3) is 6.24. The van der Waals surface area contributed by atoms with E-state index < -0.39 is 24.2 Å². The highest BCUT2D eigenvalue weighted by molar-refractivity contribution is 5.83. The van der Waals surface area contributed by atoms with Crippen molar-refractivity contribution in [3.05, 3.63) is 48.0 Å². The van der Waals surface area contributed by atoms with Crippen molar-refractivity contribution in [2.45, 2.75) is 70.9 Å². The number of rotatable bonds is 9. The van der Waals surface area contributed by atoms with Crippen LogP contribution in [0.25, 0.3) is 11.1 Å². The molecule has 1 saturated heterocycles. The summed E-state index contributed by atoms with van der Waals surface area (Å²) >= 11 is 0. The molecule has 1 amide bonds. The van der Waals surface area contributed by atoms with Crippen molar-refractivity contribution in [2.75, 3.05) is 32.7 Å². The quantitative estimate of drug-likeness (QED) is 0.446. The van der Waals surface area contributed by atoms with Gasteiger partial charge in [-0.15, -0.1) is 0 Å². The molecule has 8 nitrogen and oxygen atoms in total. The van der Waals surface area contributed by atoms with E-state index in [1.54, 1.807) is 19.1 Å². The molecule has 2 aromatic carbocycles. The van der Waals surface area contributed by atoms with Crippen LogP contribution in [-0.2, 0) is 16.2 Å². The Labute approximate surface area is 232 Å². The number of methoxy groups -OCH3 is 1. The monoisotopic (exact) mass is 539 g/mol. The molecular formula is C31H45N3O5. The molecule has 3 N–H and O–H groups in total. The number of carbonyl (C=O) groups is 1. The molecule has 0 radical (unpaired) electrons. The van der Waals surface area contributed by atoms with Gasteiger partial charge in [0.1, 0.15) is 17.9 Å². The highest BCUT2D eigenvalue weighted by atomic mass is 16.7. The van der Waals surface area contributed by atoms with Crippen molar-refractivity contribution in [1.29, 1.82) is 0 Å². The summed E-state index contributed by atoms with van der Waals surface area (Å²) in [5.41, 5.74) is 3.89. The lowest BCUT2D eigenvalue weighted by Gasteiger charge is -2.36. The molecule has 0 spiro atoms. The van der Waals surface area contributed by atoms with Crippen LogP contribution in [0.1, 0.15) is 45.6 Å². The first kappa shape index (κ1) is 29.3. The fourth-order valence-electron chi connectivity index (χ4n) is 6.23. The smallest absolute Gasteiger partial charge is 0.240 e. The number of amides is 1. The Kier molecular flexibility index (Phi) is 9.54. The zero-order valence-electron chi connectivity index (χ0n) is 24.1. The zero-order chi connectivity index (χ0) is 28.3. The molecule has 1 saturated carbocycles. The maximum Gasteiger partial charge on any atom is 0.240 e. The van der Waals surface area contributed by atoms with Crippen LogP contribution in [0.3, 0.4) is 0 Å².